The average Bonchev–Trinajstić information content (AvgIpc) is 3.51. The lowest BCUT2D eigenvalue weighted by molar-refractivity contribution is -0.117. The fourth-order valence-corrected chi connectivity index (χ4v) is 3.68. The number of hydrogen-bond donors (Lipinski definition) is 2. The summed E-state index contributed by atoms with van der Waals surface area (Å²) in [7, 11) is 1.56. The van der Waals surface area contributed by atoms with Crippen LogP contribution in [0.2, 0.25) is 0 Å². The zero-order valence-corrected chi connectivity index (χ0v) is 15.5. The third-order valence-electron chi connectivity index (χ3n) is 5.33. The van der Waals surface area contributed by atoms with Gasteiger partial charge in [0.15, 0.2) is 0 Å². The Labute approximate surface area is 159 Å². The van der Waals surface area contributed by atoms with Crippen molar-refractivity contribution in [3.8, 4) is 5.75 Å². The molecule has 140 valence electrons. The molecule has 0 bridgehead atoms. The van der Waals surface area contributed by atoms with Crippen LogP contribution in [0.4, 0.5) is 5.69 Å². The van der Waals surface area contributed by atoms with Crippen molar-refractivity contribution in [3.05, 3.63) is 59.2 Å². The number of rotatable bonds is 5. The first-order chi connectivity index (χ1) is 13.2. The summed E-state index contributed by atoms with van der Waals surface area (Å²) in [4.78, 5) is 25.6. The summed E-state index contributed by atoms with van der Waals surface area (Å²) < 4.78 is 5.26. The molecule has 2 amide bonds. The SMILES string of the molecule is COc1ccc(NC(=O)C2CCCc3ccccc32)c(C(=O)NC2CC2)c1. The van der Waals surface area contributed by atoms with Gasteiger partial charge in [0.2, 0.25) is 5.91 Å². The predicted octanol–water partition coefficient (Wildman–Crippen LogP) is 3.65. The van der Waals surface area contributed by atoms with Crippen molar-refractivity contribution < 1.29 is 14.3 Å². The first-order valence-electron chi connectivity index (χ1n) is 9.53. The summed E-state index contributed by atoms with van der Waals surface area (Å²) in [5, 5.41) is 5.98. The molecular weight excluding hydrogens is 340 g/mol. The summed E-state index contributed by atoms with van der Waals surface area (Å²) in [6, 6.07) is 13.6. The molecule has 0 heterocycles. The van der Waals surface area contributed by atoms with Crippen LogP contribution in [0.3, 0.4) is 0 Å². The lowest BCUT2D eigenvalue weighted by Crippen LogP contribution is -2.29. The average molecular weight is 364 g/mol. The Kier molecular flexibility index (Phi) is 4.84. The Morgan fingerprint density at radius 2 is 1.89 bits per heavy atom. The highest BCUT2D eigenvalue weighted by molar-refractivity contribution is 6.05. The second-order valence-corrected chi connectivity index (χ2v) is 7.29. The molecule has 27 heavy (non-hydrogen) atoms. The molecule has 1 atom stereocenters. The van der Waals surface area contributed by atoms with Crippen LogP contribution in [0.25, 0.3) is 0 Å². The normalized spacial score (nSPS) is 18.3. The third kappa shape index (κ3) is 3.82. The van der Waals surface area contributed by atoms with Gasteiger partial charge in [0.05, 0.1) is 24.3 Å². The smallest absolute Gasteiger partial charge is 0.253 e. The Morgan fingerprint density at radius 1 is 1.07 bits per heavy atom. The summed E-state index contributed by atoms with van der Waals surface area (Å²) in [5.74, 6) is 0.178. The molecule has 2 N–H and O–H groups in total. The van der Waals surface area contributed by atoms with E-state index in [0.717, 1.165) is 37.7 Å². The van der Waals surface area contributed by atoms with Crippen LogP contribution < -0.4 is 15.4 Å². The van der Waals surface area contributed by atoms with Crippen molar-refractivity contribution in [3.63, 3.8) is 0 Å². The second kappa shape index (κ2) is 7.43. The van der Waals surface area contributed by atoms with E-state index in [1.807, 2.05) is 18.2 Å². The standard InChI is InChI=1S/C22H24N2O3/c1-27-16-11-12-20(19(13-16)22(26)23-15-9-10-15)24-21(25)18-8-4-6-14-5-2-3-7-17(14)18/h2-3,5,7,11-13,15,18H,4,6,8-10H2,1H3,(H,23,26)(H,24,25). The molecular formula is C22H24N2O3. The molecule has 0 saturated heterocycles. The van der Waals surface area contributed by atoms with Gasteiger partial charge in [-0.15, -0.1) is 0 Å². The van der Waals surface area contributed by atoms with Gasteiger partial charge in [0.1, 0.15) is 5.75 Å². The molecule has 4 rings (SSSR count). The van der Waals surface area contributed by atoms with E-state index in [1.54, 1.807) is 25.3 Å². The largest absolute Gasteiger partial charge is 0.497 e. The Balaban J connectivity index is 1.58. The highest BCUT2D eigenvalue weighted by Crippen LogP contribution is 2.33. The topological polar surface area (TPSA) is 67.4 Å². The third-order valence-corrected chi connectivity index (χ3v) is 5.33. The van der Waals surface area contributed by atoms with Crippen molar-refractivity contribution in [2.75, 3.05) is 12.4 Å². The van der Waals surface area contributed by atoms with E-state index < -0.39 is 0 Å². The Bertz CT molecular complexity index is 874. The van der Waals surface area contributed by atoms with E-state index in [9.17, 15) is 9.59 Å². The number of carbonyl (C=O) groups excluding carboxylic acids is 2. The lowest BCUT2D eigenvalue weighted by Gasteiger charge is -2.25. The summed E-state index contributed by atoms with van der Waals surface area (Å²) in [6.07, 6.45) is 4.85. The van der Waals surface area contributed by atoms with E-state index in [0.29, 0.717) is 17.0 Å². The van der Waals surface area contributed by atoms with Gasteiger partial charge in [-0.2, -0.15) is 0 Å². The number of carbonyl (C=O) groups is 2. The molecule has 1 fully saturated rings. The Hall–Kier alpha value is -2.82. The number of benzene rings is 2. The van der Waals surface area contributed by atoms with E-state index in [2.05, 4.69) is 16.7 Å². The molecule has 2 aliphatic carbocycles. The summed E-state index contributed by atoms with van der Waals surface area (Å²) >= 11 is 0. The first-order valence-corrected chi connectivity index (χ1v) is 9.53. The molecule has 5 nitrogen and oxygen atoms in total. The lowest BCUT2D eigenvalue weighted by atomic mass is 9.82. The molecule has 1 saturated carbocycles. The minimum absolute atomic E-state index is 0.0622. The zero-order chi connectivity index (χ0) is 18.8. The fraction of sp³-hybridized carbons (Fsp3) is 0.364. The number of aryl methyl sites for hydroxylation is 1. The number of amides is 2. The quantitative estimate of drug-likeness (QED) is 0.851. The maximum Gasteiger partial charge on any atom is 0.253 e. The number of methoxy groups -OCH3 is 1. The predicted molar refractivity (Wildman–Crippen MR) is 104 cm³/mol. The number of fused-ring (bicyclic) bond motifs is 1. The molecule has 1 unspecified atom stereocenters. The van der Waals surface area contributed by atoms with Crippen LogP contribution in [0.15, 0.2) is 42.5 Å². The second-order valence-electron chi connectivity index (χ2n) is 7.29. The molecule has 0 radical (unpaired) electrons. The number of ether oxygens (including phenoxy) is 1. The van der Waals surface area contributed by atoms with Crippen molar-refractivity contribution in [2.45, 2.75) is 44.1 Å². The summed E-state index contributed by atoms with van der Waals surface area (Å²) in [5.41, 5.74) is 3.31. The maximum absolute atomic E-state index is 13.0. The van der Waals surface area contributed by atoms with Crippen LogP contribution in [-0.4, -0.2) is 25.0 Å². The molecule has 5 heteroatoms. The van der Waals surface area contributed by atoms with Crippen LogP contribution in [0.5, 0.6) is 5.75 Å². The van der Waals surface area contributed by atoms with Gasteiger partial charge < -0.3 is 15.4 Å². The minimum atomic E-state index is -0.184. The van der Waals surface area contributed by atoms with E-state index >= 15 is 0 Å². The van der Waals surface area contributed by atoms with Crippen molar-refractivity contribution in [1.82, 2.24) is 5.32 Å². The minimum Gasteiger partial charge on any atom is -0.497 e. The molecule has 2 aliphatic rings. The van der Waals surface area contributed by atoms with Crippen molar-refractivity contribution in [2.24, 2.45) is 0 Å². The molecule has 0 spiro atoms. The molecule has 0 aliphatic heterocycles. The van der Waals surface area contributed by atoms with Gasteiger partial charge in [-0.1, -0.05) is 24.3 Å². The monoisotopic (exact) mass is 364 g/mol. The first kappa shape index (κ1) is 17.6. The number of anilines is 1. The highest BCUT2D eigenvalue weighted by atomic mass is 16.5. The summed E-state index contributed by atoms with van der Waals surface area (Å²) in [6.45, 7) is 0. The van der Waals surface area contributed by atoms with Crippen molar-refractivity contribution in [1.29, 1.82) is 0 Å². The van der Waals surface area contributed by atoms with Crippen LogP contribution in [-0.2, 0) is 11.2 Å². The highest BCUT2D eigenvalue weighted by Gasteiger charge is 2.28. The van der Waals surface area contributed by atoms with Crippen LogP contribution in [0.1, 0.15) is 53.1 Å². The van der Waals surface area contributed by atoms with Gasteiger partial charge in [0, 0.05) is 6.04 Å². The van der Waals surface area contributed by atoms with E-state index in [4.69, 9.17) is 4.74 Å². The van der Waals surface area contributed by atoms with E-state index in [1.165, 1.54) is 5.56 Å². The van der Waals surface area contributed by atoms with Crippen LogP contribution in [0, 0.1) is 0 Å². The van der Waals surface area contributed by atoms with Gasteiger partial charge in [0.25, 0.3) is 5.91 Å². The van der Waals surface area contributed by atoms with Gasteiger partial charge in [-0.05, 0) is 61.4 Å². The van der Waals surface area contributed by atoms with Gasteiger partial charge in [-0.3, -0.25) is 9.59 Å². The van der Waals surface area contributed by atoms with E-state index in [-0.39, 0.29) is 23.8 Å². The molecule has 2 aromatic rings. The zero-order valence-electron chi connectivity index (χ0n) is 15.5. The number of hydrogen-bond acceptors (Lipinski definition) is 3. The fourth-order valence-electron chi connectivity index (χ4n) is 3.68. The van der Waals surface area contributed by atoms with Gasteiger partial charge >= 0.3 is 0 Å². The van der Waals surface area contributed by atoms with Crippen LogP contribution >= 0.6 is 0 Å². The maximum atomic E-state index is 13.0. The van der Waals surface area contributed by atoms with Gasteiger partial charge in [-0.25, -0.2) is 0 Å². The van der Waals surface area contributed by atoms with Crippen molar-refractivity contribution >= 4 is 17.5 Å². The Morgan fingerprint density at radius 3 is 2.67 bits per heavy atom. The number of nitrogens with one attached hydrogen (secondary N) is 2. The molecule has 2 aromatic carbocycles. The molecule has 0 aromatic heterocycles.